The highest BCUT2D eigenvalue weighted by atomic mass is 19.1. The van der Waals surface area contributed by atoms with Crippen molar-refractivity contribution >= 4 is 11.7 Å². The van der Waals surface area contributed by atoms with E-state index in [2.05, 4.69) is 15.0 Å². The number of nitrogens with zero attached hydrogens (tertiary/aromatic N) is 1. The average molecular weight is 252 g/mol. The van der Waals surface area contributed by atoms with Crippen molar-refractivity contribution in [1.82, 2.24) is 4.90 Å². The number of hydrogen-bond donors (Lipinski definition) is 1. The van der Waals surface area contributed by atoms with Gasteiger partial charge in [-0.1, -0.05) is 0 Å². The molecule has 4 nitrogen and oxygen atoms in total. The molecule has 1 aliphatic rings. The van der Waals surface area contributed by atoms with E-state index in [1.807, 2.05) is 7.05 Å². The lowest BCUT2D eigenvalue weighted by Gasteiger charge is -2.16. The van der Waals surface area contributed by atoms with E-state index in [0.29, 0.717) is 5.69 Å². The molecule has 1 atom stereocenters. The number of likely N-dealkylation sites (tertiary alicyclic amines) is 1. The van der Waals surface area contributed by atoms with Crippen molar-refractivity contribution in [2.45, 2.75) is 12.5 Å². The predicted octanol–water partition coefficient (Wildman–Crippen LogP) is 1.73. The minimum absolute atomic E-state index is 0.243. The molecule has 0 amide bonds. The van der Waals surface area contributed by atoms with Gasteiger partial charge in [0.25, 0.3) is 0 Å². The molecular formula is C13H17FN2O2. The van der Waals surface area contributed by atoms with Gasteiger partial charge >= 0.3 is 5.97 Å². The summed E-state index contributed by atoms with van der Waals surface area (Å²) in [5.41, 5.74) is 0.871. The molecule has 0 aliphatic carbocycles. The fourth-order valence-electron chi connectivity index (χ4n) is 2.19. The summed E-state index contributed by atoms with van der Waals surface area (Å²) in [4.78, 5) is 13.8. The molecule has 5 heteroatoms. The molecule has 0 radical (unpaired) electrons. The van der Waals surface area contributed by atoms with E-state index in [4.69, 9.17) is 0 Å². The van der Waals surface area contributed by atoms with Crippen LogP contribution in [0.3, 0.4) is 0 Å². The Hall–Kier alpha value is -1.62. The van der Waals surface area contributed by atoms with Gasteiger partial charge in [-0.25, -0.2) is 9.18 Å². The number of hydrogen-bond acceptors (Lipinski definition) is 4. The van der Waals surface area contributed by atoms with E-state index in [1.54, 1.807) is 6.07 Å². The number of anilines is 1. The summed E-state index contributed by atoms with van der Waals surface area (Å²) in [5.74, 6) is -0.965. The molecular weight excluding hydrogens is 235 g/mol. The molecule has 1 aromatic carbocycles. The van der Waals surface area contributed by atoms with Crippen LogP contribution >= 0.6 is 0 Å². The fraction of sp³-hybridized carbons (Fsp3) is 0.462. The average Bonchev–Trinajstić information content (AvgIpc) is 2.76. The Labute approximate surface area is 106 Å². The molecule has 0 saturated carbocycles. The van der Waals surface area contributed by atoms with Gasteiger partial charge in [-0.2, -0.15) is 0 Å². The number of methoxy groups -OCH3 is 1. The largest absolute Gasteiger partial charge is 0.465 e. The van der Waals surface area contributed by atoms with E-state index in [9.17, 15) is 9.18 Å². The first-order chi connectivity index (χ1) is 8.60. The zero-order valence-corrected chi connectivity index (χ0v) is 10.6. The van der Waals surface area contributed by atoms with Crippen LogP contribution in [0, 0.1) is 5.82 Å². The van der Waals surface area contributed by atoms with Gasteiger partial charge in [0.1, 0.15) is 5.82 Å². The molecule has 1 fully saturated rings. The molecule has 1 saturated heterocycles. The van der Waals surface area contributed by atoms with Crippen LogP contribution in [0.25, 0.3) is 0 Å². The molecule has 1 N–H and O–H groups in total. The van der Waals surface area contributed by atoms with Crippen LogP contribution in [0.1, 0.15) is 16.8 Å². The van der Waals surface area contributed by atoms with Crippen LogP contribution in [0.5, 0.6) is 0 Å². The third kappa shape index (κ3) is 2.79. The molecule has 2 rings (SSSR count). The summed E-state index contributed by atoms with van der Waals surface area (Å²) < 4.78 is 17.8. The van der Waals surface area contributed by atoms with E-state index < -0.39 is 11.8 Å². The van der Waals surface area contributed by atoms with Gasteiger partial charge in [0, 0.05) is 18.3 Å². The van der Waals surface area contributed by atoms with Crippen LogP contribution in [-0.4, -0.2) is 44.2 Å². The van der Waals surface area contributed by atoms with Gasteiger partial charge in [-0.05, 0) is 38.2 Å². The monoisotopic (exact) mass is 252 g/mol. The van der Waals surface area contributed by atoms with Crippen molar-refractivity contribution in [3.63, 3.8) is 0 Å². The first-order valence-electron chi connectivity index (χ1n) is 5.93. The molecule has 98 valence electrons. The van der Waals surface area contributed by atoms with Gasteiger partial charge in [0.2, 0.25) is 0 Å². The normalized spacial score (nSPS) is 19.8. The molecule has 1 heterocycles. The highest BCUT2D eigenvalue weighted by Gasteiger charge is 2.21. The van der Waals surface area contributed by atoms with Crippen LogP contribution in [0.2, 0.25) is 0 Å². The van der Waals surface area contributed by atoms with Crippen molar-refractivity contribution in [2.24, 2.45) is 0 Å². The number of likely N-dealkylation sites (N-methyl/N-ethyl adjacent to an activating group) is 1. The van der Waals surface area contributed by atoms with Crippen molar-refractivity contribution in [1.29, 1.82) is 0 Å². The zero-order chi connectivity index (χ0) is 13.1. The Morgan fingerprint density at radius 3 is 2.94 bits per heavy atom. The molecule has 0 bridgehead atoms. The number of carbonyl (C=O) groups excluding carboxylic acids is 1. The van der Waals surface area contributed by atoms with Gasteiger partial charge in [0.05, 0.1) is 12.7 Å². The van der Waals surface area contributed by atoms with Gasteiger partial charge in [-0.15, -0.1) is 0 Å². The molecule has 0 spiro atoms. The van der Waals surface area contributed by atoms with Crippen molar-refractivity contribution in [3.05, 3.63) is 29.6 Å². The fourth-order valence-corrected chi connectivity index (χ4v) is 2.19. The summed E-state index contributed by atoms with van der Waals surface area (Å²) >= 11 is 0. The Morgan fingerprint density at radius 2 is 2.33 bits per heavy atom. The molecule has 1 unspecified atom stereocenters. The summed E-state index contributed by atoms with van der Waals surface area (Å²) in [6, 6.07) is 4.41. The van der Waals surface area contributed by atoms with Crippen molar-refractivity contribution < 1.29 is 13.9 Å². The maximum atomic E-state index is 13.2. The number of esters is 1. The zero-order valence-electron chi connectivity index (χ0n) is 10.6. The Morgan fingerprint density at radius 1 is 1.56 bits per heavy atom. The maximum Gasteiger partial charge on any atom is 0.340 e. The summed E-state index contributed by atoms with van der Waals surface area (Å²) in [7, 11) is 3.34. The third-order valence-electron chi connectivity index (χ3n) is 3.14. The standard InChI is InChI=1S/C13H17FN2O2/c1-16-6-5-10(8-16)15-12-4-3-9(14)7-11(12)13(17)18-2/h3-4,7,10,15H,5-6,8H2,1-2H3. The van der Waals surface area contributed by atoms with Crippen molar-refractivity contribution in [3.8, 4) is 0 Å². The Kier molecular flexibility index (Phi) is 3.81. The predicted molar refractivity (Wildman–Crippen MR) is 67.3 cm³/mol. The Bertz CT molecular complexity index is 451. The quantitative estimate of drug-likeness (QED) is 0.832. The number of nitrogens with one attached hydrogen (secondary N) is 1. The number of halogens is 1. The van der Waals surface area contributed by atoms with Crippen LogP contribution in [-0.2, 0) is 4.74 Å². The van der Waals surface area contributed by atoms with Crippen LogP contribution < -0.4 is 5.32 Å². The van der Waals surface area contributed by atoms with Gasteiger partial charge < -0.3 is 15.0 Å². The molecule has 1 aromatic rings. The first kappa shape index (κ1) is 12.8. The number of rotatable bonds is 3. The lowest BCUT2D eigenvalue weighted by Crippen LogP contribution is -2.24. The third-order valence-corrected chi connectivity index (χ3v) is 3.14. The van der Waals surface area contributed by atoms with E-state index in [-0.39, 0.29) is 11.6 Å². The topological polar surface area (TPSA) is 41.6 Å². The summed E-state index contributed by atoms with van der Waals surface area (Å²) in [6.07, 6.45) is 1.01. The smallest absolute Gasteiger partial charge is 0.340 e. The minimum Gasteiger partial charge on any atom is -0.465 e. The second-order valence-corrected chi connectivity index (χ2v) is 4.57. The van der Waals surface area contributed by atoms with Gasteiger partial charge in [-0.3, -0.25) is 0 Å². The van der Waals surface area contributed by atoms with Gasteiger partial charge in [0.15, 0.2) is 0 Å². The highest BCUT2D eigenvalue weighted by Crippen LogP contribution is 2.21. The molecule has 18 heavy (non-hydrogen) atoms. The second-order valence-electron chi connectivity index (χ2n) is 4.57. The van der Waals surface area contributed by atoms with E-state index in [0.717, 1.165) is 19.5 Å². The first-order valence-corrected chi connectivity index (χ1v) is 5.93. The SMILES string of the molecule is COC(=O)c1cc(F)ccc1NC1CCN(C)C1. The number of ether oxygens (including phenoxy) is 1. The highest BCUT2D eigenvalue weighted by molar-refractivity contribution is 5.95. The second kappa shape index (κ2) is 5.35. The molecule has 1 aliphatic heterocycles. The number of carbonyl (C=O) groups is 1. The van der Waals surface area contributed by atoms with Crippen LogP contribution in [0.4, 0.5) is 10.1 Å². The lowest BCUT2D eigenvalue weighted by atomic mass is 10.1. The molecule has 0 aromatic heterocycles. The minimum atomic E-state index is -0.525. The number of benzene rings is 1. The summed E-state index contributed by atoms with van der Waals surface area (Å²) in [6.45, 7) is 1.93. The van der Waals surface area contributed by atoms with E-state index >= 15 is 0 Å². The maximum absolute atomic E-state index is 13.2. The lowest BCUT2D eigenvalue weighted by molar-refractivity contribution is 0.0601. The summed E-state index contributed by atoms with van der Waals surface area (Å²) in [5, 5.41) is 3.27. The van der Waals surface area contributed by atoms with E-state index in [1.165, 1.54) is 19.2 Å². The Balaban J connectivity index is 2.18. The van der Waals surface area contributed by atoms with Crippen LogP contribution in [0.15, 0.2) is 18.2 Å². The van der Waals surface area contributed by atoms with Crippen molar-refractivity contribution in [2.75, 3.05) is 32.6 Å².